The van der Waals surface area contributed by atoms with Crippen molar-refractivity contribution < 1.29 is 14.6 Å². The summed E-state index contributed by atoms with van der Waals surface area (Å²) in [6.45, 7) is 6.17. The summed E-state index contributed by atoms with van der Waals surface area (Å²) in [6, 6.07) is 0.203. The number of ether oxygens (including phenoxy) is 1. The summed E-state index contributed by atoms with van der Waals surface area (Å²) in [5, 5.41) is 14.1. The molecule has 2 unspecified atom stereocenters. The topological polar surface area (TPSA) is 64.3 Å². The predicted octanol–water partition coefficient (Wildman–Crippen LogP) is 1.84. The van der Waals surface area contributed by atoms with Crippen LogP contribution in [-0.4, -0.2) is 27.5 Å². The molecule has 1 aliphatic carbocycles. The molecule has 2 atom stereocenters. The molecule has 0 spiro atoms. The summed E-state index contributed by atoms with van der Waals surface area (Å²) in [5.41, 5.74) is 0.622. The molecule has 94 valence electrons. The molecule has 1 aromatic rings. The molecule has 1 aromatic heterocycles. The Hall–Kier alpha value is -1.52. The highest BCUT2D eigenvalue weighted by atomic mass is 16.5. The van der Waals surface area contributed by atoms with Gasteiger partial charge in [-0.05, 0) is 27.2 Å². The van der Waals surface area contributed by atoms with Gasteiger partial charge in [-0.15, -0.1) is 0 Å². The second-order valence-corrected chi connectivity index (χ2v) is 4.67. The largest absolute Gasteiger partial charge is 0.504 e. The molecule has 0 aliphatic heterocycles. The van der Waals surface area contributed by atoms with Crippen molar-refractivity contribution in [1.29, 1.82) is 0 Å². The summed E-state index contributed by atoms with van der Waals surface area (Å²) in [4.78, 5) is 11.5. The molecule has 2 rings (SSSR count). The normalized spacial score (nSPS) is 22.8. The molecule has 17 heavy (non-hydrogen) atoms. The minimum absolute atomic E-state index is 0.0223. The van der Waals surface area contributed by atoms with Crippen LogP contribution in [0.3, 0.4) is 0 Å². The molecule has 1 saturated carbocycles. The first kappa shape index (κ1) is 12.0. The Balaban J connectivity index is 2.08. The lowest BCUT2D eigenvalue weighted by atomic mass is 10.2. The van der Waals surface area contributed by atoms with Crippen LogP contribution in [-0.2, 0) is 9.53 Å². The number of hydrogen-bond acceptors (Lipinski definition) is 4. The van der Waals surface area contributed by atoms with Gasteiger partial charge in [0.2, 0.25) is 0 Å². The Kier molecular flexibility index (Phi) is 3.09. The van der Waals surface area contributed by atoms with E-state index in [1.165, 1.54) is 0 Å². The van der Waals surface area contributed by atoms with E-state index in [0.717, 1.165) is 6.42 Å². The first-order chi connectivity index (χ1) is 8.04. The zero-order chi connectivity index (χ0) is 12.6. The van der Waals surface area contributed by atoms with Crippen LogP contribution in [0.1, 0.15) is 44.8 Å². The Morgan fingerprint density at radius 1 is 1.71 bits per heavy atom. The predicted molar refractivity (Wildman–Crippen MR) is 61.8 cm³/mol. The smallest absolute Gasteiger partial charge is 0.309 e. The molecular formula is C12H18N2O3. The van der Waals surface area contributed by atoms with Crippen LogP contribution in [0.2, 0.25) is 0 Å². The Morgan fingerprint density at radius 2 is 2.41 bits per heavy atom. The molecule has 0 saturated heterocycles. The summed E-state index contributed by atoms with van der Waals surface area (Å²) < 4.78 is 6.67. The molecule has 1 aliphatic rings. The van der Waals surface area contributed by atoms with Crippen LogP contribution in [0.25, 0.3) is 0 Å². The van der Waals surface area contributed by atoms with Gasteiger partial charge in [-0.2, -0.15) is 5.10 Å². The fourth-order valence-electron chi connectivity index (χ4n) is 1.93. The van der Waals surface area contributed by atoms with Gasteiger partial charge in [0, 0.05) is 12.0 Å². The number of aromatic nitrogens is 2. The van der Waals surface area contributed by atoms with Crippen molar-refractivity contribution >= 4 is 5.97 Å². The minimum atomic E-state index is -0.184. The van der Waals surface area contributed by atoms with Crippen molar-refractivity contribution in [2.24, 2.45) is 5.92 Å². The first-order valence-electron chi connectivity index (χ1n) is 5.99. The molecule has 0 aromatic carbocycles. The molecule has 1 heterocycles. The molecule has 5 heteroatoms. The van der Waals surface area contributed by atoms with Gasteiger partial charge >= 0.3 is 5.97 Å². The quantitative estimate of drug-likeness (QED) is 0.813. The van der Waals surface area contributed by atoms with Gasteiger partial charge in [0.05, 0.1) is 18.7 Å². The molecule has 5 nitrogen and oxygen atoms in total. The van der Waals surface area contributed by atoms with Crippen LogP contribution in [0.15, 0.2) is 6.20 Å². The van der Waals surface area contributed by atoms with Crippen molar-refractivity contribution in [1.82, 2.24) is 9.78 Å². The monoisotopic (exact) mass is 238 g/mol. The Labute approximate surface area is 100 Å². The zero-order valence-corrected chi connectivity index (χ0v) is 10.4. The average molecular weight is 238 g/mol. The van der Waals surface area contributed by atoms with E-state index in [2.05, 4.69) is 5.10 Å². The number of aromatic hydroxyl groups is 1. The third-order valence-corrected chi connectivity index (χ3v) is 3.00. The van der Waals surface area contributed by atoms with E-state index in [1.807, 2.05) is 13.8 Å². The fourth-order valence-corrected chi connectivity index (χ4v) is 1.93. The van der Waals surface area contributed by atoms with Crippen molar-refractivity contribution in [2.45, 2.75) is 39.2 Å². The molecular weight excluding hydrogens is 220 g/mol. The summed E-state index contributed by atoms with van der Waals surface area (Å²) >= 11 is 0. The van der Waals surface area contributed by atoms with Gasteiger partial charge in [-0.25, -0.2) is 0 Å². The third kappa shape index (κ3) is 2.28. The van der Waals surface area contributed by atoms with Crippen LogP contribution >= 0.6 is 0 Å². The molecule has 0 bridgehead atoms. The summed E-state index contributed by atoms with van der Waals surface area (Å²) in [5.74, 6) is -0.114. The fraction of sp³-hybridized carbons (Fsp3) is 0.667. The maximum atomic E-state index is 11.5. The summed E-state index contributed by atoms with van der Waals surface area (Å²) in [7, 11) is 0. The van der Waals surface area contributed by atoms with Crippen molar-refractivity contribution in [3.05, 3.63) is 11.9 Å². The van der Waals surface area contributed by atoms with Gasteiger partial charge in [0.15, 0.2) is 5.75 Å². The van der Waals surface area contributed by atoms with E-state index in [9.17, 15) is 9.90 Å². The Bertz CT molecular complexity index is 425. The highest BCUT2D eigenvalue weighted by molar-refractivity contribution is 5.77. The average Bonchev–Trinajstić information content (AvgIpc) is 2.96. The third-order valence-electron chi connectivity index (χ3n) is 3.00. The van der Waals surface area contributed by atoms with Gasteiger partial charge in [-0.3, -0.25) is 9.48 Å². The highest BCUT2D eigenvalue weighted by Gasteiger charge is 2.48. The van der Waals surface area contributed by atoms with Crippen LogP contribution in [0.4, 0.5) is 0 Å². The molecule has 0 radical (unpaired) electrons. The second-order valence-electron chi connectivity index (χ2n) is 4.67. The van der Waals surface area contributed by atoms with Crippen LogP contribution < -0.4 is 0 Å². The van der Waals surface area contributed by atoms with Crippen molar-refractivity contribution in [2.75, 3.05) is 6.61 Å². The lowest BCUT2D eigenvalue weighted by Gasteiger charge is -2.03. The van der Waals surface area contributed by atoms with Crippen LogP contribution in [0.5, 0.6) is 5.75 Å². The van der Waals surface area contributed by atoms with E-state index in [-0.39, 0.29) is 29.6 Å². The lowest BCUT2D eigenvalue weighted by molar-refractivity contribution is -0.144. The SMILES string of the molecule is CCOC(=O)C1CC1c1nn(C(C)C)cc1O. The highest BCUT2D eigenvalue weighted by Crippen LogP contribution is 2.50. The standard InChI is InChI=1S/C12H18N2O3/c1-4-17-12(16)9-5-8(9)11-10(15)6-14(13-11)7(2)3/h6-9,15H,4-5H2,1-3H3. The van der Waals surface area contributed by atoms with E-state index < -0.39 is 0 Å². The van der Waals surface area contributed by atoms with Gasteiger partial charge < -0.3 is 9.84 Å². The van der Waals surface area contributed by atoms with Crippen LogP contribution in [0, 0.1) is 5.92 Å². The van der Waals surface area contributed by atoms with E-state index in [4.69, 9.17) is 4.74 Å². The summed E-state index contributed by atoms with van der Waals surface area (Å²) in [6.07, 6.45) is 2.34. The molecule has 0 amide bonds. The number of hydrogen-bond donors (Lipinski definition) is 1. The number of nitrogens with zero attached hydrogens (tertiary/aromatic N) is 2. The lowest BCUT2D eigenvalue weighted by Crippen LogP contribution is -2.07. The Morgan fingerprint density at radius 3 is 2.94 bits per heavy atom. The first-order valence-corrected chi connectivity index (χ1v) is 5.99. The zero-order valence-electron chi connectivity index (χ0n) is 10.4. The number of carbonyl (C=O) groups excluding carboxylic acids is 1. The van der Waals surface area contributed by atoms with Crippen molar-refractivity contribution in [3.63, 3.8) is 0 Å². The molecule has 1 fully saturated rings. The van der Waals surface area contributed by atoms with Gasteiger partial charge in [-0.1, -0.05) is 0 Å². The van der Waals surface area contributed by atoms with E-state index in [0.29, 0.717) is 12.3 Å². The minimum Gasteiger partial charge on any atom is -0.504 e. The van der Waals surface area contributed by atoms with E-state index >= 15 is 0 Å². The van der Waals surface area contributed by atoms with E-state index in [1.54, 1.807) is 17.8 Å². The second kappa shape index (κ2) is 4.39. The molecule has 1 N–H and O–H groups in total. The number of carbonyl (C=O) groups is 1. The number of rotatable bonds is 4. The maximum absolute atomic E-state index is 11.5. The maximum Gasteiger partial charge on any atom is 0.309 e. The van der Waals surface area contributed by atoms with Gasteiger partial charge in [0.25, 0.3) is 0 Å². The number of esters is 1. The van der Waals surface area contributed by atoms with Crippen molar-refractivity contribution in [3.8, 4) is 5.75 Å². The van der Waals surface area contributed by atoms with Gasteiger partial charge in [0.1, 0.15) is 5.69 Å².